The van der Waals surface area contributed by atoms with E-state index in [4.69, 9.17) is 15.6 Å². The van der Waals surface area contributed by atoms with Crippen LogP contribution in [0.2, 0.25) is 0 Å². The predicted molar refractivity (Wildman–Crippen MR) is 135 cm³/mol. The van der Waals surface area contributed by atoms with Gasteiger partial charge in [0.25, 0.3) is 0 Å². The number of para-hydroxylation sites is 1. The molecule has 1 aliphatic rings. The van der Waals surface area contributed by atoms with Crippen molar-refractivity contribution in [1.29, 1.82) is 0 Å². The highest BCUT2D eigenvalue weighted by Gasteiger charge is 2.24. The lowest BCUT2D eigenvalue weighted by Crippen LogP contribution is -2.34. The summed E-state index contributed by atoms with van der Waals surface area (Å²) in [6.45, 7) is 2.10. The van der Waals surface area contributed by atoms with Crippen LogP contribution in [0.4, 0.5) is 5.82 Å². The van der Waals surface area contributed by atoms with Crippen LogP contribution in [0.15, 0.2) is 73.1 Å². The van der Waals surface area contributed by atoms with Gasteiger partial charge in [0.1, 0.15) is 29.3 Å². The van der Waals surface area contributed by atoms with Gasteiger partial charge in [0.15, 0.2) is 0 Å². The minimum absolute atomic E-state index is 0.312. The summed E-state index contributed by atoms with van der Waals surface area (Å²) in [6, 6.07) is 22.4. The molecule has 1 fully saturated rings. The summed E-state index contributed by atoms with van der Waals surface area (Å²) in [7, 11) is 2.17. The summed E-state index contributed by atoms with van der Waals surface area (Å²) in [6.07, 6.45) is 3.78. The van der Waals surface area contributed by atoms with Gasteiger partial charge in [-0.3, -0.25) is 4.68 Å². The van der Waals surface area contributed by atoms with Crippen molar-refractivity contribution in [3.63, 3.8) is 0 Å². The average Bonchev–Trinajstić information content (AvgIpc) is 3.23. The molecule has 2 aromatic heterocycles. The maximum absolute atomic E-state index is 6.20. The van der Waals surface area contributed by atoms with Crippen LogP contribution in [0.3, 0.4) is 0 Å². The zero-order valence-electron chi connectivity index (χ0n) is 19.1. The van der Waals surface area contributed by atoms with Gasteiger partial charge in [-0.1, -0.05) is 18.2 Å². The molecule has 2 N–H and O–H groups in total. The molecule has 1 saturated heterocycles. The van der Waals surface area contributed by atoms with E-state index in [0.717, 1.165) is 70.5 Å². The van der Waals surface area contributed by atoms with Crippen LogP contribution in [-0.4, -0.2) is 44.8 Å². The van der Waals surface area contributed by atoms with Gasteiger partial charge in [-0.2, -0.15) is 5.10 Å². The Bertz CT molecular complexity index is 1460. The molecule has 0 spiro atoms. The molecule has 0 amide bonds. The minimum atomic E-state index is 0.312. The van der Waals surface area contributed by atoms with Gasteiger partial charge in [0.05, 0.1) is 17.1 Å². The first-order chi connectivity index (χ1) is 16.7. The molecule has 0 saturated carbocycles. The van der Waals surface area contributed by atoms with E-state index >= 15 is 0 Å². The zero-order chi connectivity index (χ0) is 23.1. The number of aromatic nitrogens is 4. The number of benzene rings is 3. The quantitative estimate of drug-likeness (QED) is 0.401. The summed E-state index contributed by atoms with van der Waals surface area (Å²) in [5.41, 5.74) is 10.1. The Labute approximate surface area is 197 Å². The van der Waals surface area contributed by atoms with Crippen LogP contribution in [0.25, 0.3) is 33.1 Å². The van der Waals surface area contributed by atoms with E-state index in [0.29, 0.717) is 11.9 Å². The number of piperidine rings is 1. The summed E-state index contributed by atoms with van der Waals surface area (Å²) in [4.78, 5) is 11.0. The van der Waals surface area contributed by atoms with E-state index in [2.05, 4.69) is 50.9 Å². The highest BCUT2D eigenvalue weighted by Crippen LogP contribution is 2.36. The first-order valence-corrected chi connectivity index (χ1v) is 11.6. The number of anilines is 1. The van der Waals surface area contributed by atoms with Gasteiger partial charge in [-0.15, -0.1) is 0 Å². The van der Waals surface area contributed by atoms with Gasteiger partial charge < -0.3 is 15.4 Å². The van der Waals surface area contributed by atoms with Gasteiger partial charge in [0.2, 0.25) is 0 Å². The summed E-state index contributed by atoms with van der Waals surface area (Å²) >= 11 is 0. The van der Waals surface area contributed by atoms with E-state index < -0.39 is 0 Å². The first kappa shape index (κ1) is 20.6. The molecule has 1 unspecified atom stereocenters. The fourth-order valence-electron chi connectivity index (χ4n) is 4.84. The molecule has 3 aromatic carbocycles. The highest BCUT2D eigenvalue weighted by atomic mass is 16.5. The van der Waals surface area contributed by atoms with Crippen molar-refractivity contribution in [3.05, 3.63) is 73.1 Å². The first-order valence-electron chi connectivity index (χ1n) is 11.6. The standard InChI is InChI=1S/C27H26N6O/c1-32-13-5-6-19(16-32)33-25-15-24-22(27(28)30-17-29-24)14-23(25)26(31-33)18-9-11-21(12-10-18)34-20-7-3-2-4-8-20/h2-4,7-12,14-15,17,19H,5-6,13,16H2,1H3,(H2,28,29,30). The van der Waals surface area contributed by atoms with Gasteiger partial charge in [-0.25, -0.2) is 9.97 Å². The Morgan fingerprint density at radius 2 is 1.74 bits per heavy atom. The van der Waals surface area contributed by atoms with E-state index in [9.17, 15) is 0 Å². The van der Waals surface area contributed by atoms with Crippen LogP contribution >= 0.6 is 0 Å². The second-order valence-electron chi connectivity index (χ2n) is 8.94. The number of rotatable bonds is 4. The summed E-state index contributed by atoms with van der Waals surface area (Å²) < 4.78 is 8.17. The number of nitrogens with zero attached hydrogens (tertiary/aromatic N) is 5. The van der Waals surface area contributed by atoms with Gasteiger partial charge >= 0.3 is 0 Å². The normalized spacial score (nSPS) is 16.8. The van der Waals surface area contributed by atoms with Crippen LogP contribution in [-0.2, 0) is 0 Å². The predicted octanol–water partition coefficient (Wildman–Crippen LogP) is 5.29. The topological polar surface area (TPSA) is 82.1 Å². The Balaban J connectivity index is 1.46. The molecule has 0 bridgehead atoms. The lowest BCUT2D eigenvalue weighted by molar-refractivity contribution is 0.206. The Hall–Kier alpha value is -3.97. The van der Waals surface area contributed by atoms with Gasteiger partial charge in [-0.05, 0) is 75.0 Å². The average molecular weight is 451 g/mol. The van der Waals surface area contributed by atoms with Crippen LogP contribution in [0, 0.1) is 0 Å². The third-order valence-corrected chi connectivity index (χ3v) is 6.55. The molecule has 3 heterocycles. The minimum Gasteiger partial charge on any atom is -0.457 e. The number of nitrogens with two attached hydrogens (primary N) is 1. The van der Waals surface area contributed by atoms with E-state index in [1.807, 2.05) is 42.5 Å². The monoisotopic (exact) mass is 450 g/mol. The molecule has 1 atom stereocenters. The molecule has 7 heteroatoms. The van der Waals surface area contributed by atoms with E-state index in [1.165, 1.54) is 6.33 Å². The fourth-order valence-corrected chi connectivity index (χ4v) is 4.84. The third-order valence-electron chi connectivity index (χ3n) is 6.55. The number of likely N-dealkylation sites (tertiary alicyclic amines) is 1. The molecule has 5 aromatic rings. The Kier molecular flexibility index (Phi) is 5.11. The smallest absolute Gasteiger partial charge is 0.134 e. The van der Waals surface area contributed by atoms with Crippen LogP contribution in [0.1, 0.15) is 18.9 Å². The van der Waals surface area contributed by atoms with E-state index in [-0.39, 0.29) is 0 Å². The lowest BCUT2D eigenvalue weighted by atomic mass is 10.0. The van der Waals surface area contributed by atoms with Crippen molar-refractivity contribution in [2.75, 3.05) is 25.9 Å². The second kappa shape index (κ2) is 8.43. The Morgan fingerprint density at radius 3 is 2.53 bits per heavy atom. The molecule has 170 valence electrons. The molecule has 34 heavy (non-hydrogen) atoms. The number of hydrogen-bond acceptors (Lipinski definition) is 6. The van der Waals surface area contributed by atoms with Crippen LogP contribution < -0.4 is 10.5 Å². The van der Waals surface area contributed by atoms with Crippen molar-refractivity contribution >= 4 is 27.6 Å². The molecular weight excluding hydrogens is 424 g/mol. The summed E-state index contributed by atoms with van der Waals surface area (Å²) in [5.74, 6) is 2.08. The maximum atomic E-state index is 6.20. The number of hydrogen-bond donors (Lipinski definition) is 1. The number of nitrogen functional groups attached to an aromatic ring is 1. The lowest BCUT2D eigenvalue weighted by Gasteiger charge is -2.30. The van der Waals surface area contributed by atoms with Crippen molar-refractivity contribution in [1.82, 2.24) is 24.6 Å². The summed E-state index contributed by atoms with van der Waals surface area (Å²) in [5, 5.41) is 7.05. The highest BCUT2D eigenvalue weighted by molar-refractivity contribution is 6.04. The zero-order valence-corrected chi connectivity index (χ0v) is 19.1. The largest absolute Gasteiger partial charge is 0.457 e. The van der Waals surface area contributed by atoms with E-state index in [1.54, 1.807) is 0 Å². The maximum Gasteiger partial charge on any atom is 0.134 e. The molecule has 0 radical (unpaired) electrons. The molecule has 6 rings (SSSR count). The van der Waals surface area contributed by atoms with Crippen molar-refractivity contribution in [2.24, 2.45) is 0 Å². The van der Waals surface area contributed by atoms with Crippen LogP contribution in [0.5, 0.6) is 11.5 Å². The fraction of sp³-hybridized carbons (Fsp3) is 0.222. The molecule has 0 aliphatic carbocycles. The SMILES string of the molecule is CN1CCCC(n2nc(-c3ccc(Oc4ccccc4)cc3)c3cc4c(N)ncnc4cc32)C1. The van der Waals surface area contributed by atoms with Crippen molar-refractivity contribution in [3.8, 4) is 22.8 Å². The van der Waals surface area contributed by atoms with Gasteiger partial charge in [0, 0.05) is 22.9 Å². The Morgan fingerprint density at radius 1 is 0.941 bits per heavy atom. The number of fused-ring (bicyclic) bond motifs is 2. The van der Waals surface area contributed by atoms with Crippen molar-refractivity contribution in [2.45, 2.75) is 18.9 Å². The molecular formula is C27H26N6O. The molecule has 1 aliphatic heterocycles. The van der Waals surface area contributed by atoms with Crippen molar-refractivity contribution < 1.29 is 4.74 Å². The number of likely N-dealkylation sites (N-methyl/N-ethyl adjacent to an activating group) is 1. The third kappa shape index (κ3) is 3.74. The second-order valence-corrected chi connectivity index (χ2v) is 8.94. The molecule has 7 nitrogen and oxygen atoms in total. The number of ether oxygens (including phenoxy) is 1.